The first-order chi connectivity index (χ1) is 7.83. The van der Waals surface area contributed by atoms with Gasteiger partial charge >= 0.3 is 0 Å². The van der Waals surface area contributed by atoms with Crippen LogP contribution in [-0.4, -0.2) is 0 Å². The lowest BCUT2D eigenvalue weighted by molar-refractivity contribution is 0.837. The van der Waals surface area contributed by atoms with Gasteiger partial charge in [-0.2, -0.15) is 0 Å². The SMILES string of the molecule is c1c2c(cc3c1[C@H]1CC14C[C@H]34)[C@H]1CC13C[C@H]23. The van der Waals surface area contributed by atoms with Crippen molar-refractivity contribution in [1.29, 1.82) is 0 Å². The normalized spacial score (nSPS) is 62.5. The van der Waals surface area contributed by atoms with Gasteiger partial charge in [0.1, 0.15) is 0 Å². The monoisotopic (exact) mass is 206 g/mol. The van der Waals surface area contributed by atoms with E-state index in [1.165, 1.54) is 0 Å². The van der Waals surface area contributed by atoms with Gasteiger partial charge < -0.3 is 0 Å². The Hall–Kier alpha value is -0.780. The van der Waals surface area contributed by atoms with Crippen molar-refractivity contribution < 1.29 is 0 Å². The van der Waals surface area contributed by atoms with Crippen molar-refractivity contribution in [3.8, 4) is 0 Å². The molecule has 6 aliphatic carbocycles. The molecule has 0 bridgehead atoms. The number of hydrogen-bond acceptors (Lipinski definition) is 0. The topological polar surface area (TPSA) is 0 Å². The summed E-state index contributed by atoms with van der Waals surface area (Å²) in [4.78, 5) is 0. The van der Waals surface area contributed by atoms with Gasteiger partial charge in [0.25, 0.3) is 0 Å². The highest BCUT2D eigenvalue weighted by Crippen LogP contribution is 2.90. The summed E-state index contributed by atoms with van der Waals surface area (Å²) >= 11 is 0. The predicted octanol–water partition coefficient (Wildman–Crippen LogP) is 3.64. The van der Waals surface area contributed by atoms with Crippen LogP contribution in [0.3, 0.4) is 0 Å². The third-order valence-corrected chi connectivity index (χ3v) is 7.26. The summed E-state index contributed by atoms with van der Waals surface area (Å²) in [7, 11) is 0. The second kappa shape index (κ2) is 1.46. The van der Waals surface area contributed by atoms with E-state index in [-0.39, 0.29) is 0 Å². The molecule has 1 aromatic carbocycles. The molecule has 7 rings (SSSR count). The molecular weight excluding hydrogens is 192 g/mol. The van der Waals surface area contributed by atoms with Gasteiger partial charge in [0.15, 0.2) is 0 Å². The molecule has 4 saturated carbocycles. The Bertz CT molecular complexity index is 517. The van der Waals surface area contributed by atoms with Gasteiger partial charge in [-0.25, -0.2) is 0 Å². The molecule has 0 radical (unpaired) electrons. The van der Waals surface area contributed by atoms with Crippen molar-refractivity contribution >= 4 is 0 Å². The van der Waals surface area contributed by atoms with E-state index in [1.807, 2.05) is 0 Å². The third kappa shape index (κ3) is 0.437. The molecule has 0 aliphatic heterocycles. The summed E-state index contributed by atoms with van der Waals surface area (Å²) in [5.74, 6) is 4.07. The molecule has 0 heterocycles. The van der Waals surface area contributed by atoms with Crippen molar-refractivity contribution in [2.75, 3.05) is 0 Å². The maximum absolute atomic E-state index is 2.67. The maximum Gasteiger partial charge on any atom is -0.00904 e. The molecule has 0 unspecified atom stereocenters. The largest absolute Gasteiger partial charge is 0.0546 e. The molecule has 0 N–H and O–H groups in total. The number of fused-ring (bicyclic) bond motifs is 6. The first-order valence-electron chi connectivity index (χ1n) is 7.01. The fraction of sp³-hybridized carbons (Fsp3) is 0.625. The number of hydrogen-bond donors (Lipinski definition) is 0. The predicted molar refractivity (Wildman–Crippen MR) is 60.7 cm³/mol. The lowest BCUT2D eigenvalue weighted by atomic mass is 9.93. The quantitative estimate of drug-likeness (QED) is 0.608. The lowest BCUT2D eigenvalue weighted by Gasteiger charge is -2.12. The van der Waals surface area contributed by atoms with Crippen LogP contribution in [0.4, 0.5) is 0 Å². The smallest absolute Gasteiger partial charge is 0.00904 e. The highest BCUT2D eigenvalue weighted by atomic mass is 14.8. The van der Waals surface area contributed by atoms with Crippen molar-refractivity contribution in [3.63, 3.8) is 0 Å². The van der Waals surface area contributed by atoms with Crippen LogP contribution in [0.2, 0.25) is 0 Å². The summed E-state index contributed by atoms with van der Waals surface area (Å²) < 4.78 is 0. The molecular formula is C16H14. The fourth-order valence-electron chi connectivity index (χ4n) is 6.06. The van der Waals surface area contributed by atoms with Gasteiger partial charge in [-0.1, -0.05) is 12.1 Å². The van der Waals surface area contributed by atoms with E-state index in [0.29, 0.717) is 0 Å². The van der Waals surface area contributed by atoms with E-state index >= 15 is 0 Å². The standard InChI is InChI=1S/C16H14/c1-7-9(13-5-15(13)3-11(7)15)2-10-8(1)12-4-16(12)6-14(10)16/h1-2,11-14H,3-6H2/t11-,12-,13-,14-,15?,16?/m1/s1. The first-order valence-corrected chi connectivity index (χ1v) is 7.01. The van der Waals surface area contributed by atoms with E-state index < -0.39 is 0 Å². The van der Waals surface area contributed by atoms with Gasteiger partial charge in [0.05, 0.1) is 0 Å². The molecule has 4 fully saturated rings. The Morgan fingerprint density at radius 2 is 0.938 bits per heavy atom. The second-order valence-electron chi connectivity index (χ2n) is 7.60. The van der Waals surface area contributed by atoms with Gasteiger partial charge in [0, 0.05) is 0 Å². The van der Waals surface area contributed by atoms with Crippen LogP contribution in [0.1, 0.15) is 71.6 Å². The molecule has 16 heavy (non-hydrogen) atoms. The Balaban J connectivity index is 1.59. The number of rotatable bonds is 0. The molecule has 4 atom stereocenters. The summed E-state index contributed by atoms with van der Waals surface area (Å²) in [6.45, 7) is 0. The van der Waals surface area contributed by atoms with Crippen molar-refractivity contribution in [1.82, 2.24) is 0 Å². The zero-order valence-corrected chi connectivity index (χ0v) is 9.29. The van der Waals surface area contributed by atoms with Crippen LogP contribution in [0.15, 0.2) is 12.1 Å². The molecule has 2 spiro atoms. The van der Waals surface area contributed by atoms with E-state index in [9.17, 15) is 0 Å². The number of benzene rings is 1. The average molecular weight is 206 g/mol. The Kier molecular flexibility index (Phi) is 0.625. The molecule has 0 heteroatoms. The van der Waals surface area contributed by atoms with Crippen molar-refractivity contribution in [2.45, 2.75) is 49.4 Å². The van der Waals surface area contributed by atoms with E-state index in [4.69, 9.17) is 0 Å². The van der Waals surface area contributed by atoms with Crippen LogP contribution >= 0.6 is 0 Å². The van der Waals surface area contributed by atoms with Crippen LogP contribution in [0, 0.1) is 10.8 Å². The van der Waals surface area contributed by atoms with E-state index in [1.54, 1.807) is 47.9 Å². The molecule has 0 aromatic heterocycles. The third-order valence-electron chi connectivity index (χ3n) is 7.26. The molecule has 0 amide bonds. The van der Waals surface area contributed by atoms with Crippen LogP contribution in [0.25, 0.3) is 0 Å². The van der Waals surface area contributed by atoms with Crippen LogP contribution < -0.4 is 0 Å². The fourth-order valence-corrected chi connectivity index (χ4v) is 6.06. The van der Waals surface area contributed by atoms with Crippen LogP contribution in [0.5, 0.6) is 0 Å². The van der Waals surface area contributed by atoms with Gasteiger partial charge in [-0.3, -0.25) is 0 Å². The molecule has 6 aliphatic rings. The Morgan fingerprint density at radius 3 is 1.25 bits per heavy atom. The second-order valence-corrected chi connectivity index (χ2v) is 7.60. The minimum Gasteiger partial charge on any atom is -0.0546 e. The van der Waals surface area contributed by atoms with Gasteiger partial charge in [-0.15, -0.1) is 0 Å². The van der Waals surface area contributed by atoms with Gasteiger partial charge in [-0.05, 0) is 82.4 Å². The Labute approximate surface area is 95.0 Å². The minimum absolute atomic E-state index is 0.849. The van der Waals surface area contributed by atoms with Crippen molar-refractivity contribution in [2.24, 2.45) is 10.8 Å². The molecule has 0 saturated heterocycles. The zero-order chi connectivity index (χ0) is 9.86. The summed E-state index contributed by atoms with van der Waals surface area (Å²) in [5, 5.41) is 0. The minimum atomic E-state index is 0.849. The lowest BCUT2D eigenvalue weighted by Crippen LogP contribution is -1.94. The maximum atomic E-state index is 2.67. The summed E-state index contributed by atoms with van der Waals surface area (Å²) in [6, 6.07) is 5.34. The molecule has 1 aromatic rings. The first kappa shape index (κ1) is 6.83. The highest BCUT2D eigenvalue weighted by Gasteiger charge is 2.78. The summed E-state index contributed by atoms with van der Waals surface area (Å²) in [5.41, 5.74) is 8.91. The molecule has 0 nitrogen and oxygen atoms in total. The van der Waals surface area contributed by atoms with E-state index in [0.717, 1.165) is 34.5 Å². The summed E-state index contributed by atoms with van der Waals surface area (Å²) in [6.07, 6.45) is 6.18. The highest BCUT2D eigenvalue weighted by molar-refractivity contribution is 5.65. The van der Waals surface area contributed by atoms with Crippen LogP contribution in [-0.2, 0) is 0 Å². The average Bonchev–Trinajstić information content (AvgIpc) is 3.20. The van der Waals surface area contributed by atoms with Gasteiger partial charge in [0.2, 0.25) is 0 Å². The van der Waals surface area contributed by atoms with Crippen molar-refractivity contribution in [3.05, 3.63) is 34.4 Å². The van der Waals surface area contributed by atoms with E-state index in [2.05, 4.69) is 12.1 Å². The molecule has 78 valence electrons. The Morgan fingerprint density at radius 1 is 0.625 bits per heavy atom. The zero-order valence-electron chi connectivity index (χ0n) is 9.29.